The van der Waals surface area contributed by atoms with Gasteiger partial charge in [-0.1, -0.05) is 3.89 Å². The van der Waals surface area contributed by atoms with Crippen molar-refractivity contribution in [2.75, 3.05) is 7.11 Å². The van der Waals surface area contributed by atoms with Crippen molar-refractivity contribution in [3.63, 3.8) is 0 Å². The Balaban J connectivity index is 0. The maximum absolute atomic E-state index is 10.9. The van der Waals surface area contributed by atoms with E-state index in [9.17, 15) is 3.89 Å². The second-order valence-corrected chi connectivity index (χ2v) is 1.68. The molecule has 0 aliphatic rings. The van der Waals surface area contributed by atoms with Crippen molar-refractivity contribution in [2.24, 2.45) is 0 Å². The second-order valence-electron chi connectivity index (χ2n) is 0.560. The fourth-order valence-corrected chi connectivity index (χ4v) is 0. The Morgan fingerprint density at radius 1 is 1.57 bits per heavy atom. The van der Waals surface area contributed by atoms with Gasteiger partial charge in [-0.2, -0.15) is 8.42 Å². The molecule has 0 bridgehead atoms. The molecule has 0 aromatic heterocycles. The van der Waals surface area contributed by atoms with Crippen molar-refractivity contribution in [2.45, 2.75) is 0 Å². The molecule has 0 amide bonds. The Morgan fingerprint density at radius 3 is 1.71 bits per heavy atom. The maximum atomic E-state index is 10.9. The molecule has 0 heterocycles. The summed E-state index contributed by atoms with van der Waals surface area (Å²) >= 11 is 0. The van der Waals surface area contributed by atoms with Gasteiger partial charge in [0.1, 0.15) is 0 Å². The first-order valence-corrected chi connectivity index (χ1v) is 2.37. The van der Waals surface area contributed by atoms with Crippen molar-refractivity contribution in [1.29, 1.82) is 0 Å². The van der Waals surface area contributed by atoms with E-state index in [0.29, 0.717) is 0 Å². The summed E-state index contributed by atoms with van der Waals surface area (Å²) in [6.07, 6.45) is 0. The van der Waals surface area contributed by atoms with E-state index < -0.39 is 10.5 Å². The third-order valence-corrected chi connectivity index (χ3v) is 0.597. The molecule has 6 heteroatoms. The van der Waals surface area contributed by atoms with Gasteiger partial charge in [-0.15, -0.1) is 0 Å². The molecule has 0 N–H and O–H groups in total. The van der Waals surface area contributed by atoms with Crippen LogP contribution in [0.25, 0.3) is 0 Å². The zero-order valence-electron chi connectivity index (χ0n) is 3.01. The van der Waals surface area contributed by atoms with Gasteiger partial charge in [0.15, 0.2) is 0 Å². The van der Waals surface area contributed by atoms with Crippen LogP contribution < -0.4 is 0 Å². The summed E-state index contributed by atoms with van der Waals surface area (Å²) < 4.78 is 32.3. The Bertz CT molecular complexity index is 117. The first kappa shape index (κ1) is 10.8. The minimum absolute atomic E-state index is 0. The quantitative estimate of drug-likeness (QED) is 0.352. The van der Waals surface area contributed by atoms with Crippen molar-refractivity contribution in [3.05, 3.63) is 0 Å². The predicted molar refractivity (Wildman–Crippen MR) is 24.2 cm³/mol. The molecule has 0 unspecified atom stereocenters. The van der Waals surface area contributed by atoms with E-state index in [0.717, 1.165) is 7.11 Å². The Kier molecular flexibility index (Phi) is 5.83. The van der Waals surface area contributed by atoms with Crippen LogP contribution in [0.15, 0.2) is 0 Å². The molecule has 0 aliphatic carbocycles. The minimum atomic E-state index is -4.66. The zero-order valence-corrected chi connectivity index (χ0v) is 3.83. The SMILES string of the molecule is COS(=O)(=O)F.[NaH]. The third-order valence-electron chi connectivity index (χ3n) is 0.199. The summed E-state index contributed by atoms with van der Waals surface area (Å²) in [6.45, 7) is 0. The molecule has 0 saturated carbocycles. The van der Waals surface area contributed by atoms with Gasteiger partial charge in [-0.05, 0) is 0 Å². The first-order chi connectivity index (χ1) is 2.56. The van der Waals surface area contributed by atoms with Gasteiger partial charge >= 0.3 is 40.1 Å². The van der Waals surface area contributed by atoms with Gasteiger partial charge in [0.05, 0.1) is 7.11 Å². The Morgan fingerprint density at radius 2 is 1.71 bits per heavy atom. The molecule has 0 spiro atoms. The Labute approximate surface area is 63.6 Å². The van der Waals surface area contributed by atoms with Crippen LogP contribution in [0.3, 0.4) is 0 Å². The van der Waals surface area contributed by atoms with Crippen LogP contribution in [0.1, 0.15) is 0 Å². The number of hydrogen-bond acceptors (Lipinski definition) is 3. The van der Waals surface area contributed by atoms with Crippen molar-refractivity contribution < 1.29 is 16.5 Å². The van der Waals surface area contributed by atoms with E-state index >= 15 is 0 Å². The van der Waals surface area contributed by atoms with Gasteiger partial charge < -0.3 is 0 Å². The van der Waals surface area contributed by atoms with E-state index in [1.807, 2.05) is 0 Å². The van der Waals surface area contributed by atoms with Crippen LogP contribution in [0.5, 0.6) is 0 Å². The van der Waals surface area contributed by atoms with Crippen LogP contribution in [-0.2, 0) is 14.7 Å². The van der Waals surface area contributed by atoms with Gasteiger partial charge in [-0.3, -0.25) is 0 Å². The molecule has 0 aromatic carbocycles. The molecule has 0 aliphatic heterocycles. The van der Waals surface area contributed by atoms with E-state index in [1.165, 1.54) is 0 Å². The van der Waals surface area contributed by atoms with Crippen LogP contribution >= 0.6 is 0 Å². The molecule has 0 aromatic rings. The summed E-state index contributed by atoms with van der Waals surface area (Å²) in [5.74, 6) is 0. The molecular formula is CH4FNaO3S. The molecule has 0 radical (unpaired) electrons. The van der Waals surface area contributed by atoms with Crippen LogP contribution in [0.2, 0.25) is 0 Å². The van der Waals surface area contributed by atoms with Crippen LogP contribution in [-0.4, -0.2) is 45.1 Å². The number of rotatable bonds is 1. The predicted octanol–water partition coefficient (Wildman–Crippen LogP) is -0.801. The standard InChI is InChI=1S/CH3FO3S.Na.H/c1-5-6(2,3)4;;/h1H3;;. The summed E-state index contributed by atoms with van der Waals surface area (Å²) in [6, 6.07) is 0. The van der Waals surface area contributed by atoms with E-state index in [4.69, 9.17) is 8.42 Å². The molecular weight excluding hydrogens is 134 g/mol. The number of halogens is 1. The summed E-state index contributed by atoms with van der Waals surface area (Å²) in [7, 11) is -3.92. The van der Waals surface area contributed by atoms with Crippen LogP contribution in [0, 0.1) is 0 Å². The average Bonchev–Trinajstić information content (AvgIpc) is 1.35. The summed E-state index contributed by atoms with van der Waals surface area (Å²) in [5.41, 5.74) is 0. The monoisotopic (exact) mass is 138 g/mol. The molecule has 40 valence electrons. The van der Waals surface area contributed by atoms with Gasteiger partial charge in [-0.25, -0.2) is 4.18 Å². The van der Waals surface area contributed by atoms with E-state index in [1.54, 1.807) is 0 Å². The fraction of sp³-hybridized carbons (Fsp3) is 1.00. The third kappa shape index (κ3) is 10.9. The normalized spacial score (nSPS) is 10.0. The Hall–Kier alpha value is 0.840. The second kappa shape index (κ2) is 3.80. The topological polar surface area (TPSA) is 43.4 Å². The summed E-state index contributed by atoms with van der Waals surface area (Å²) in [4.78, 5) is 0. The van der Waals surface area contributed by atoms with Crippen molar-refractivity contribution in [1.82, 2.24) is 0 Å². The average molecular weight is 138 g/mol. The molecule has 0 atom stereocenters. The first-order valence-electron chi connectivity index (χ1n) is 1.06. The molecule has 0 fully saturated rings. The molecule has 0 rings (SSSR count). The van der Waals surface area contributed by atoms with Gasteiger partial charge in [0.25, 0.3) is 0 Å². The van der Waals surface area contributed by atoms with Gasteiger partial charge in [0.2, 0.25) is 0 Å². The zero-order chi connectivity index (χ0) is 5.21. The van der Waals surface area contributed by atoms with E-state index in [2.05, 4.69) is 4.18 Å². The van der Waals surface area contributed by atoms with E-state index in [-0.39, 0.29) is 29.6 Å². The molecule has 0 saturated heterocycles. The number of hydrogen-bond donors (Lipinski definition) is 0. The van der Waals surface area contributed by atoms with Crippen molar-refractivity contribution in [3.8, 4) is 0 Å². The van der Waals surface area contributed by atoms with Gasteiger partial charge in [0, 0.05) is 0 Å². The fourth-order valence-electron chi connectivity index (χ4n) is 0. The summed E-state index contributed by atoms with van der Waals surface area (Å²) in [5, 5.41) is 0. The molecule has 3 nitrogen and oxygen atoms in total. The van der Waals surface area contributed by atoms with Crippen LogP contribution in [0.4, 0.5) is 3.89 Å². The molecule has 7 heavy (non-hydrogen) atoms. The van der Waals surface area contributed by atoms with Crippen molar-refractivity contribution >= 4 is 40.1 Å².